The lowest BCUT2D eigenvalue weighted by Crippen LogP contribution is -2.00. The maximum atomic E-state index is 6.20. The van der Waals surface area contributed by atoms with E-state index >= 15 is 0 Å². The molecule has 0 aliphatic heterocycles. The molecule has 0 bridgehead atoms. The van der Waals surface area contributed by atoms with Crippen LogP contribution in [0, 0.1) is 0 Å². The molecule has 0 N–H and O–H groups in total. The van der Waals surface area contributed by atoms with Crippen molar-refractivity contribution in [2.45, 2.75) is 0 Å². The van der Waals surface area contributed by atoms with Crippen LogP contribution in [0.1, 0.15) is 0 Å². The molecular formula is C41H25N3O. The molecular weight excluding hydrogens is 550 g/mol. The van der Waals surface area contributed by atoms with E-state index < -0.39 is 0 Å². The van der Waals surface area contributed by atoms with Crippen LogP contribution >= 0.6 is 0 Å². The van der Waals surface area contributed by atoms with Gasteiger partial charge in [-0.15, -0.1) is 0 Å². The smallest absolute Gasteiger partial charge is 0.164 e. The highest BCUT2D eigenvalue weighted by Gasteiger charge is 2.18. The molecule has 4 nitrogen and oxygen atoms in total. The summed E-state index contributed by atoms with van der Waals surface area (Å²) in [7, 11) is 0. The van der Waals surface area contributed by atoms with E-state index in [0.717, 1.165) is 49.6 Å². The number of nitrogens with zero attached hydrogens (tertiary/aromatic N) is 3. The number of rotatable bonds is 4. The van der Waals surface area contributed by atoms with Crippen molar-refractivity contribution in [3.05, 3.63) is 152 Å². The van der Waals surface area contributed by atoms with Crippen LogP contribution in [0.25, 0.3) is 88.8 Å². The lowest BCUT2D eigenvalue weighted by Gasteiger charge is -2.10. The Labute approximate surface area is 259 Å². The Morgan fingerprint density at radius 1 is 0.356 bits per heavy atom. The Morgan fingerprint density at radius 2 is 0.889 bits per heavy atom. The molecule has 0 unspecified atom stereocenters. The van der Waals surface area contributed by atoms with Gasteiger partial charge in [0.25, 0.3) is 0 Å². The lowest BCUT2D eigenvalue weighted by atomic mass is 10.00. The summed E-state index contributed by atoms with van der Waals surface area (Å²) in [4.78, 5) is 15.2. The minimum absolute atomic E-state index is 0.610. The molecule has 0 atom stereocenters. The van der Waals surface area contributed by atoms with Gasteiger partial charge in [0.15, 0.2) is 17.5 Å². The van der Waals surface area contributed by atoms with Crippen molar-refractivity contribution in [2.24, 2.45) is 0 Å². The molecule has 7 aromatic carbocycles. The predicted octanol–water partition coefficient (Wildman–Crippen LogP) is 10.7. The van der Waals surface area contributed by atoms with E-state index in [1.165, 1.54) is 21.7 Å². The van der Waals surface area contributed by atoms with Crippen molar-refractivity contribution in [2.75, 3.05) is 0 Å². The number of benzene rings is 7. The monoisotopic (exact) mass is 575 g/mol. The van der Waals surface area contributed by atoms with Crippen LogP contribution in [0.15, 0.2) is 156 Å². The van der Waals surface area contributed by atoms with Crippen molar-refractivity contribution in [3.8, 4) is 45.3 Å². The highest BCUT2D eigenvalue weighted by molar-refractivity contribution is 6.11. The van der Waals surface area contributed by atoms with Gasteiger partial charge in [-0.05, 0) is 56.9 Å². The van der Waals surface area contributed by atoms with Gasteiger partial charge in [-0.2, -0.15) is 0 Å². The number of aromatic nitrogens is 3. The van der Waals surface area contributed by atoms with Gasteiger partial charge in [-0.1, -0.05) is 127 Å². The number of fused-ring (bicyclic) bond motifs is 5. The molecule has 9 rings (SSSR count). The normalized spacial score (nSPS) is 11.6. The van der Waals surface area contributed by atoms with Crippen molar-refractivity contribution in [1.29, 1.82) is 0 Å². The van der Waals surface area contributed by atoms with E-state index in [2.05, 4.69) is 121 Å². The first kappa shape index (κ1) is 25.4. The number of hydrogen-bond donors (Lipinski definition) is 0. The zero-order chi connectivity index (χ0) is 29.7. The van der Waals surface area contributed by atoms with E-state index in [4.69, 9.17) is 19.4 Å². The highest BCUT2D eigenvalue weighted by atomic mass is 16.3. The summed E-state index contributed by atoms with van der Waals surface area (Å²) in [5.41, 5.74) is 6.74. The summed E-state index contributed by atoms with van der Waals surface area (Å²) in [6, 6.07) is 52.4. The van der Waals surface area contributed by atoms with E-state index in [9.17, 15) is 0 Å². The third-order valence-electron chi connectivity index (χ3n) is 8.51. The summed E-state index contributed by atoms with van der Waals surface area (Å²) in [5.74, 6) is 1.86. The second-order valence-corrected chi connectivity index (χ2v) is 11.3. The molecule has 0 radical (unpaired) electrons. The average molecular weight is 576 g/mol. The van der Waals surface area contributed by atoms with Gasteiger partial charge < -0.3 is 4.42 Å². The lowest BCUT2D eigenvalue weighted by molar-refractivity contribution is 0.669. The first-order chi connectivity index (χ1) is 22.3. The summed E-state index contributed by atoms with van der Waals surface area (Å²) in [5, 5.41) is 6.81. The number of furan rings is 1. The standard InChI is InChI=1S/C41H25N3O/c1-3-10-30-24-32(22-18-26(30)8-1)28-16-20-29(21-17-28)39-42-40(33-23-19-27-9-2-4-11-31(27)25-33)44-41(43-39)35-13-7-15-37-38(35)34-12-5-6-14-36(34)45-37/h1-25H. The van der Waals surface area contributed by atoms with Gasteiger partial charge in [-0.25, -0.2) is 15.0 Å². The first-order valence-corrected chi connectivity index (χ1v) is 15.0. The van der Waals surface area contributed by atoms with Gasteiger partial charge >= 0.3 is 0 Å². The van der Waals surface area contributed by atoms with Crippen molar-refractivity contribution in [1.82, 2.24) is 15.0 Å². The van der Waals surface area contributed by atoms with E-state index in [1.54, 1.807) is 0 Å². The zero-order valence-electron chi connectivity index (χ0n) is 24.2. The fourth-order valence-corrected chi connectivity index (χ4v) is 6.22. The maximum Gasteiger partial charge on any atom is 0.164 e. The topological polar surface area (TPSA) is 51.8 Å². The van der Waals surface area contributed by atoms with Crippen LogP contribution in [0.3, 0.4) is 0 Å². The van der Waals surface area contributed by atoms with E-state index in [0.29, 0.717) is 17.5 Å². The molecule has 0 saturated heterocycles. The average Bonchev–Trinajstić information content (AvgIpc) is 3.50. The quantitative estimate of drug-likeness (QED) is 0.209. The largest absolute Gasteiger partial charge is 0.456 e. The number of hydrogen-bond acceptors (Lipinski definition) is 4. The molecule has 0 spiro atoms. The van der Waals surface area contributed by atoms with Gasteiger partial charge in [0.2, 0.25) is 0 Å². The van der Waals surface area contributed by atoms with Gasteiger partial charge in [0.1, 0.15) is 11.2 Å². The second-order valence-electron chi connectivity index (χ2n) is 11.3. The fourth-order valence-electron chi connectivity index (χ4n) is 6.22. The van der Waals surface area contributed by atoms with Gasteiger partial charge in [-0.3, -0.25) is 0 Å². The Balaban J connectivity index is 1.21. The molecule has 9 aromatic rings. The molecule has 0 fully saturated rings. The van der Waals surface area contributed by atoms with Crippen LogP contribution in [-0.4, -0.2) is 15.0 Å². The molecule has 2 aromatic heterocycles. The number of para-hydroxylation sites is 1. The SMILES string of the molecule is c1ccc2cc(-c3ccc(-c4nc(-c5ccc6ccccc6c5)nc(-c5cccc6oc7ccccc7c56)n4)cc3)ccc2c1. The van der Waals surface area contributed by atoms with Gasteiger partial charge in [0, 0.05) is 27.5 Å². The van der Waals surface area contributed by atoms with Crippen molar-refractivity contribution >= 4 is 43.5 Å². The molecule has 2 heterocycles. The summed E-state index contributed by atoms with van der Waals surface area (Å²) >= 11 is 0. The molecule has 0 aliphatic rings. The van der Waals surface area contributed by atoms with E-state index in [1.807, 2.05) is 30.3 Å². The third kappa shape index (κ3) is 4.43. The molecule has 210 valence electrons. The van der Waals surface area contributed by atoms with Crippen LogP contribution in [-0.2, 0) is 0 Å². The molecule has 45 heavy (non-hydrogen) atoms. The molecule has 0 aliphatic carbocycles. The van der Waals surface area contributed by atoms with Crippen LogP contribution in [0.2, 0.25) is 0 Å². The first-order valence-electron chi connectivity index (χ1n) is 15.0. The van der Waals surface area contributed by atoms with E-state index in [-0.39, 0.29) is 0 Å². The molecule has 0 saturated carbocycles. The van der Waals surface area contributed by atoms with Crippen LogP contribution in [0.5, 0.6) is 0 Å². The Hall–Kier alpha value is -6.13. The second kappa shape index (κ2) is 10.2. The Morgan fingerprint density at radius 3 is 1.64 bits per heavy atom. The van der Waals surface area contributed by atoms with Crippen LogP contribution < -0.4 is 0 Å². The van der Waals surface area contributed by atoms with Crippen molar-refractivity contribution in [3.63, 3.8) is 0 Å². The maximum absolute atomic E-state index is 6.20. The Bertz CT molecular complexity index is 2550. The molecule has 0 amide bonds. The van der Waals surface area contributed by atoms with Crippen LogP contribution in [0.4, 0.5) is 0 Å². The minimum atomic E-state index is 0.610. The summed E-state index contributed by atoms with van der Waals surface area (Å²) < 4.78 is 6.20. The summed E-state index contributed by atoms with van der Waals surface area (Å²) in [6.07, 6.45) is 0. The summed E-state index contributed by atoms with van der Waals surface area (Å²) in [6.45, 7) is 0. The predicted molar refractivity (Wildman–Crippen MR) is 184 cm³/mol. The molecule has 4 heteroatoms. The minimum Gasteiger partial charge on any atom is -0.456 e. The van der Waals surface area contributed by atoms with Gasteiger partial charge in [0.05, 0.1) is 0 Å². The zero-order valence-corrected chi connectivity index (χ0v) is 24.2. The third-order valence-corrected chi connectivity index (χ3v) is 8.51. The Kier molecular flexibility index (Phi) is 5.78. The van der Waals surface area contributed by atoms with Crippen molar-refractivity contribution < 1.29 is 4.42 Å². The fraction of sp³-hybridized carbons (Fsp3) is 0. The highest BCUT2D eigenvalue weighted by Crippen LogP contribution is 2.37.